The lowest BCUT2D eigenvalue weighted by atomic mass is 10.1. The van der Waals surface area contributed by atoms with Gasteiger partial charge in [-0.25, -0.2) is 8.42 Å². The Morgan fingerprint density at radius 2 is 1.55 bits per heavy atom. The Morgan fingerprint density at radius 3 is 2.10 bits per heavy atom. The zero-order chi connectivity index (χ0) is 23.2. The number of carbonyl (C=O) groups excluding carboxylic acids is 2. The van der Waals surface area contributed by atoms with E-state index in [2.05, 4.69) is 5.32 Å². The lowest BCUT2D eigenvalue weighted by Gasteiger charge is -2.32. The molecule has 0 aliphatic carbocycles. The van der Waals surface area contributed by atoms with Crippen molar-refractivity contribution in [3.8, 4) is 0 Å². The van der Waals surface area contributed by atoms with E-state index in [1.165, 1.54) is 4.90 Å². The third-order valence-electron chi connectivity index (χ3n) is 4.92. The second-order valence-electron chi connectivity index (χ2n) is 7.89. The van der Waals surface area contributed by atoms with Gasteiger partial charge in [-0.2, -0.15) is 0 Å². The first kappa shape index (κ1) is 24.4. The van der Waals surface area contributed by atoms with Crippen LogP contribution in [0.15, 0.2) is 54.6 Å². The first-order valence-corrected chi connectivity index (χ1v) is 12.0. The number of hydrogen-bond acceptors (Lipinski definition) is 4. The SMILES string of the molecule is Cc1ccccc1CN(C(=O)CN(c1ccccc1)S(C)(=O)=O)C(C)C(=O)NC(C)C. The van der Waals surface area contributed by atoms with Crippen LogP contribution in [0, 0.1) is 6.92 Å². The topological polar surface area (TPSA) is 86.8 Å². The van der Waals surface area contributed by atoms with Crippen LogP contribution in [-0.4, -0.2) is 50.0 Å². The quantitative estimate of drug-likeness (QED) is 0.643. The molecule has 2 aromatic carbocycles. The van der Waals surface area contributed by atoms with E-state index in [0.717, 1.165) is 21.7 Å². The molecule has 7 nitrogen and oxygen atoms in total. The standard InChI is InChI=1S/C23H31N3O4S/c1-17(2)24-23(28)19(4)25(15-20-12-10-9-11-18(20)3)22(27)16-26(31(5,29)30)21-13-7-6-8-14-21/h6-14,17,19H,15-16H2,1-5H3,(H,24,28). The molecular weight excluding hydrogens is 414 g/mol. The molecule has 0 radical (unpaired) electrons. The molecular formula is C23H31N3O4S. The van der Waals surface area contributed by atoms with Gasteiger partial charge in [-0.05, 0) is 51.0 Å². The fourth-order valence-electron chi connectivity index (χ4n) is 3.17. The average Bonchev–Trinajstić information content (AvgIpc) is 2.70. The molecule has 0 fully saturated rings. The number of carbonyl (C=O) groups is 2. The molecule has 2 aromatic rings. The van der Waals surface area contributed by atoms with Gasteiger partial charge in [0.1, 0.15) is 12.6 Å². The normalized spacial score (nSPS) is 12.3. The average molecular weight is 446 g/mol. The fourth-order valence-corrected chi connectivity index (χ4v) is 4.02. The number of benzene rings is 2. The number of nitrogens with one attached hydrogen (secondary N) is 1. The van der Waals surface area contributed by atoms with Crippen LogP contribution < -0.4 is 9.62 Å². The Labute approximate surface area is 185 Å². The highest BCUT2D eigenvalue weighted by Crippen LogP contribution is 2.19. The largest absolute Gasteiger partial charge is 0.352 e. The number of aryl methyl sites for hydroxylation is 1. The summed E-state index contributed by atoms with van der Waals surface area (Å²) in [6, 6.07) is 15.2. The summed E-state index contributed by atoms with van der Waals surface area (Å²) in [7, 11) is -3.71. The zero-order valence-electron chi connectivity index (χ0n) is 18.7. The third-order valence-corrected chi connectivity index (χ3v) is 6.06. The monoisotopic (exact) mass is 445 g/mol. The summed E-state index contributed by atoms with van der Waals surface area (Å²) in [5.41, 5.74) is 2.28. The summed E-state index contributed by atoms with van der Waals surface area (Å²) < 4.78 is 25.9. The van der Waals surface area contributed by atoms with Crippen LogP contribution in [0.4, 0.5) is 5.69 Å². The summed E-state index contributed by atoms with van der Waals surface area (Å²) in [6.07, 6.45) is 1.06. The van der Waals surface area contributed by atoms with Crippen molar-refractivity contribution in [1.82, 2.24) is 10.2 Å². The van der Waals surface area contributed by atoms with Crippen molar-refractivity contribution in [2.75, 3.05) is 17.1 Å². The summed E-state index contributed by atoms with van der Waals surface area (Å²) >= 11 is 0. The molecule has 0 heterocycles. The number of hydrogen-bond donors (Lipinski definition) is 1. The number of anilines is 1. The Kier molecular flexibility index (Phi) is 8.21. The van der Waals surface area contributed by atoms with E-state index in [1.54, 1.807) is 37.3 Å². The van der Waals surface area contributed by atoms with Crippen LogP contribution in [0.25, 0.3) is 0 Å². The molecule has 0 saturated carbocycles. The number of amides is 2. The Morgan fingerprint density at radius 1 is 0.968 bits per heavy atom. The predicted molar refractivity (Wildman–Crippen MR) is 123 cm³/mol. The third kappa shape index (κ3) is 6.82. The highest BCUT2D eigenvalue weighted by molar-refractivity contribution is 7.92. The molecule has 0 aromatic heterocycles. The highest BCUT2D eigenvalue weighted by Gasteiger charge is 2.30. The van der Waals surface area contributed by atoms with Crippen LogP contribution in [-0.2, 0) is 26.2 Å². The van der Waals surface area contributed by atoms with Crippen molar-refractivity contribution in [2.45, 2.75) is 46.3 Å². The molecule has 0 bridgehead atoms. The molecule has 0 spiro atoms. The molecule has 8 heteroatoms. The van der Waals surface area contributed by atoms with Crippen molar-refractivity contribution in [1.29, 1.82) is 0 Å². The Bertz CT molecular complexity index is 1010. The molecule has 0 aliphatic heterocycles. The maximum absolute atomic E-state index is 13.4. The summed E-state index contributed by atoms with van der Waals surface area (Å²) in [6.45, 7) is 7.08. The van der Waals surface area contributed by atoms with Gasteiger partial charge >= 0.3 is 0 Å². The molecule has 2 rings (SSSR count). The van der Waals surface area contributed by atoms with Gasteiger partial charge in [-0.3, -0.25) is 13.9 Å². The van der Waals surface area contributed by atoms with Crippen molar-refractivity contribution in [3.05, 3.63) is 65.7 Å². The molecule has 1 unspecified atom stereocenters. The van der Waals surface area contributed by atoms with Crippen molar-refractivity contribution < 1.29 is 18.0 Å². The molecule has 0 saturated heterocycles. The smallest absolute Gasteiger partial charge is 0.244 e. The lowest BCUT2D eigenvalue weighted by Crippen LogP contribution is -2.52. The van der Waals surface area contributed by atoms with Gasteiger partial charge in [0.15, 0.2) is 0 Å². The summed E-state index contributed by atoms with van der Waals surface area (Å²) in [4.78, 5) is 27.5. The van der Waals surface area contributed by atoms with E-state index in [-0.39, 0.29) is 18.5 Å². The van der Waals surface area contributed by atoms with Gasteiger partial charge < -0.3 is 10.2 Å². The van der Waals surface area contributed by atoms with Crippen LogP contribution >= 0.6 is 0 Å². The number of sulfonamides is 1. The zero-order valence-corrected chi connectivity index (χ0v) is 19.5. The fraction of sp³-hybridized carbons (Fsp3) is 0.391. The molecule has 1 N–H and O–H groups in total. The van der Waals surface area contributed by atoms with Gasteiger partial charge in [-0.15, -0.1) is 0 Å². The summed E-state index contributed by atoms with van der Waals surface area (Å²) in [5.74, 6) is -0.744. The first-order chi connectivity index (χ1) is 14.5. The van der Waals surface area contributed by atoms with E-state index < -0.39 is 28.5 Å². The van der Waals surface area contributed by atoms with E-state index >= 15 is 0 Å². The molecule has 2 amide bonds. The van der Waals surface area contributed by atoms with E-state index in [1.807, 2.05) is 45.0 Å². The summed E-state index contributed by atoms with van der Waals surface area (Å²) in [5, 5.41) is 2.83. The Hall–Kier alpha value is -2.87. The van der Waals surface area contributed by atoms with Gasteiger partial charge in [0.2, 0.25) is 21.8 Å². The van der Waals surface area contributed by atoms with Gasteiger partial charge in [-0.1, -0.05) is 42.5 Å². The van der Waals surface area contributed by atoms with E-state index in [0.29, 0.717) is 5.69 Å². The molecule has 31 heavy (non-hydrogen) atoms. The minimum atomic E-state index is -3.71. The highest BCUT2D eigenvalue weighted by atomic mass is 32.2. The second-order valence-corrected chi connectivity index (χ2v) is 9.80. The minimum absolute atomic E-state index is 0.0813. The van der Waals surface area contributed by atoms with Crippen molar-refractivity contribution >= 4 is 27.5 Å². The van der Waals surface area contributed by atoms with E-state index in [9.17, 15) is 18.0 Å². The molecule has 168 valence electrons. The maximum Gasteiger partial charge on any atom is 0.244 e. The number of nitrogens with zero attached hydrogens (tertiary/aromatic N) is 2. The van der Waals surface area contributed by atoms with Crippen LogP contribution in [0.1, 0.15) is 31.9 Å². The van der Waals surface area contributed by atoms with Crippen molar-refractivity contribution in [2.24, 2.45) is 0 Å². The van der Waals surface area contributed by atoms with Crippen LogP contribution in [0.2, 0.25) is 0 Å². The van der Waals surface area contributed by atoms with Gasteiger partial charge in [0, 0.05) is 12.6 Å². The van der Waals surface area contributed by atoms with Crippen LogP contribution in [0.3, 0.4) is 0 Å². The predicted octanol–water partition coefficient (Wildman–Crippen LogP) is 2.70. The van der Waals surface area contributed by atoms with Gasteiger partial charge in [0.05, 0.1) is 11.9 Å². The maximum atomic E-state index is 13.4. The second kappa shape index (κ2) is 10.4. The molecule has 1 atom stereocenters. The molecule has 0 aliphatic rings. The Balaban J connectivity index is 2.38. The first-order valence-electron chi connectivity index (χ1n) is 10.2. The van der Waals surface area contributed by atoms with Gasteiger partial charge in [0.25, 0.3) is 0 Å². The van der Waals surface area contributed by atoms with E-state index in [4.69, 9.17) is 0 Å². The minimum Gasteiger partial charge on any atom is -0.352 e. The van der Waals surface area contributed by atoms with Crippen LogP contribution in [0.5, 0.6) is 0 Å². The lowest BCUT2D eigenvalue weighted by molar-refractivity contribution is -0.139. The number of rotatable bonds is 9. The van der Waals surface area contributed by atoms with Crippen molar-refractivity contribution in [3.63, 3.8) is 0 Å². The number of para-hydroxylation sites is 1.